The topological polar surface area (TPSA) is 90.5 Å². The van der Waals surface area contributed by atoms with Gasteiger partial charge in [-0.1, -0.05) is 29.3 Å². The molecule has 3 rings (SSSR count). The Morgan fingerprint density at radius 2 is 1.55 bits per heavy atom. The van der Waals surface area contributed by atoms with Crippen LogP contribution in [0.25, 0.3) is 0 Å². The van der Waals surface area contributed by atoms with Gasteiger partial charge in [0.2, 0.25) is 17.7 Å². The lowest BCUT2D eigenvalue weighted by atomic mass is 9.95. The Labute approximate surface area is 191 Å². The zero-order valence-electron chi connectivity index (χ0n) is 17.1. The molecule has 0 atom stereocenters. The number of likely N-dealkylation sites (tertiary alicyclic amines) is 1. The lowest BCUT2D eigenvalue weighted by molar-refractivity contribution is -0.121. The Morgan fingerprint density at radius 3 is 2.19 bits per heavy atom. The predicted octanol–water partition coefficient (Wildman–Crippen LogP) is 4.24. The molecule has 1 aliphatic rings. The third-order valence-electron chi connectivity index (χ3n) is 4.98. The first-order valence-electron chi connectivity index (χ1n) is 9.96. The summed E-state index contributed by atoms with van der Waals surface area (Å²) in [5.41, 5.74) is 1.86. The van der Waals surface area contributed by atoms with E-state index in [1.165, 1.54) is 6.92 Å². The molecule has 9 heteroatoms. The van der Waals surface area contributed by atoms with Gasteiger partial charge in [-0.15, -0.1) is 0 Å². The maximum atomic E-state index is 12.6. The highest BCUT2D eigenvalue weighted by Crippen LogP contribution is 2.25. The molecule has 0 spiro atoms. The highest BCUT2D eigenvalue weighted by molar-refractivity contribution is 6.42. The molecule has 0 saturated carbocycles. The maximum Gasteiger partial charge on any atom is 0.238 e. The Bertz CT molecular complexity index is 975. The number of amides is 3. The molecule has 0 radical (unpaired) electrons. The Kier molecular flexibility index (Phi) is 7.90. The average molecular weight is 463 g/mol. The normalized spacial score (nSPS) is 14.7. The highest BCUT2D eigenvalue weighted by Gasteiger charge is 2.26. The van der Waals surface area contributed by atoms with Crippen LogP contribution >= 0.6 is 23.2 Å². The molecule has 1 fully saturated rings. The standard InChI is InChI=1S/C22H24Cl2N4O3/c1-14(29)25-16-3-2-4-17(11-16)27-22(31)15-7-9-28(10-8-15)13-21(30)26-18-5-6-19(23)20(24)12-18/h2-6,11-12,15H,7-10,13H2,1H3,(H,25,29)(H,26,30)(H,27,31). The molecule has 2 aromatic rings. The molecule has 1 saturated heterocycles. The third-order valence-corrected chi connectivity index (χ3v) is 5.72. The summed E-state index contributed by atoms with van der Waals surface area (Å²) < 4.78 is 0. The van der Waals surface area contributed by atoms with Crippen molar-refractivity contribution in [3.63, 3.8) is 0 Å². The molecule has 0 unspecified atom stereocenters. The van der Waals surface area contributed by atoms with Gasteiger partial charge in [0.25, 0.3) is 0 Å². The second kappa shape index (κ2) is 10.6. The zero-order valence-corrected chi connectivity index (χ0v) is 18.6. The van der Waals surface area contributed by atoms with Crippen LogP contribution in [-0.2, 0) is 14.4 Å². The van der Waals surface area contributed by atoms with Gasteiger partial charge in [0, 0.05) is 29.9 Å². The summed E-state index contributed by atoms with van der Waals surface area (Å²) in [7, 11) is 0. The van der Waals surface area contributed by atoms with E-state index >= 15 is 0 Å². The van der Waals surface area contributed by atoms with Crippen molar-refractivity contribution >= 4 is 58.0 Å². The van der Waals surface area contributed by atoms with Gasteiger partial charge in [-0.05, 0) is 62.3 Å². The van der Waals surface area contributed by atoms with Gasteiger partial charge in [0.05, 0.1) is 16.6 Å². The van der Waals surface area contributed by atoms with Crippen LogP contribution in [0.1, 0.15) is 19.8 Å². The summed E-state index contributed by atoms with van der Waals surface area (Å²) in [6.45, 7) is 2.98. The third kappa shape index (κ3) is 6.95. The van der Waals surface area contributed by atoms with Gasteiger partial charge in [-0.3, -0.25) is 19.3 Å². The van der Waals surface area contributed by atoms with Crippen LogP contribution in [0.15, 0.2) is 42.5 Å². The number of carbonyl (C=O) groups is 3. The lowest BCUT2D eigenvalue weighted by Gasteiger charge is -2.30. The summed E-state index contributed by atoms with van der Waals surface area (Å²) in [4.78, 5) is 38.1. The molecule has 0 aromatic heterocycles. The Morgan fingerprint density at radius 1 is 0.903 bits per heavy atom. The lowest BCUT2D eigenvalue weighted by Crippen LogP contribution is -2.41. The van der Waals surface area contributed by atoms with E-state index in [9.17, 15) is 14.4 Å². The Balaban J connectivity index is 1.45. The van der Waals surface area contributed by atoms with Gasteiger partial charge in [0.15, 0.2) is 0 Å². The van der Waals surface area contributed by atoms with Gasteiger partial charge < -0.3 is 16.0 Å². The maximum absolute atomic E-state index is 12.6. The number of hydrogen-bond acceptors (Lipinski definition) is 4. The van der Waals surface area contributed by atoms with Crippen molar-refractivity contribution < 1.29 is 14.4 Å². The van der Waals surface area contributed by atoms with E-state index < -0.39 is 0 Å². The van der Waals surface area contributed by atoms with Crippen molar-refractivity contribution in [1.82, 2.24) is 4.90 Å². The number of hydrogen-bond donors (Lipinski definition) is 3. The second-order valence-corrected chi connectivity index (χ2v) is 8.29. The molecule has 2 aromatic carbocycles. The van der Waals surface area contributed by atoms with Gasteiger partial charge >= 0.3 is 0 Å². The van der Waals surface area contributed by atoms with E-state index in [2.05, 4.69) is 16.0 Å². The summed E-state index contributed by atoms with van der Waals surface area (Å²) in [6, 6.07) is 12.0. The van der Waals surface area contributed by atoms with Crippen molar-refractivity contribution in [1.29, 1.82) is 0 Å². The van der Waals surface area contributed by atoms with Crippen LogP contribution in [0.3, 0.4) is 0 Å². The molecule has 3 amide bonds. The predicted molar refractivity (Wildman–Crippen MR) is 124 cm³/mol. The van der Waals surface area contributed by atoms with Crippen LogP contribution in [0.5, 0.6) is 0 Å². The monoisotopic (exact) mass is 462 g/mol. The van der Waals surface area contributed by atoms with Crippen LogP contribution in [0.2, 0.25) is 10.0 Å². The number of carbonyl (C=O) groups excluding carboxylic acids is 3. The van der Waals surface area contributed by atoms with Gasteiger partial charge in [0.1, 0.15) is 0 Å². The number of piperidine rings is 1. The van der Waals surface area contributed by atoms with Crippen LogP contribution in [0.4, 0.5) is 17.1 Å². The van der Waals surface area contributed by atoms with Gasteiger partial charge in [-0.2, -0.15) is 0 Å². The average Bonchev–Trinajstić information content (AvgIpc) is 2.71. The van der Waals surface area contributed by atoms with Crippen molar-refractivity contribution in [2.75, 3.05) is 35.6 Å². The number of nitrogens with one attached hydrogen (secondary N) is 3. The van der Waals surface area contributed by atoms with Crippen molar-refractivity contribution in [3.8, 4) is 0 Å². The summed E-state index contributed by atoms with van der Waals surface area (Å²) in [5, 5.41) is 9.23. The number of halogens is 2. The summed E-state index contributed by atoms with van der Waals surface area (Å²) in [6.07, 6.45) is 1.33. The number of benzene rings is 2. The highest BCUT2D eigenvalue weighted by atomic mass is 35.5. The molecule has 1 heterocycles. The molecular weight excluding hydrogens is 439 g/mol. The fourth-order valence-corrected chi connectivity index (χ4v) is 3.75. The minimum Gasteiger partial charge on any atom is -0.326 e. The smallest absolute Gasteiger partial charge is 0.238 e. The van der Waals surface area contributed by atoms with Crippen molar-refractivity contribution in [3.05, 3.63) is 52.5 Å². The van der Waals surface area contributed by atoms with E-state index in [1.54, 1.807) is 42.5 Å². The fourth-order valence-electron chi connectivity index (χ4n) is 3.45. The van der Waals surface area contributed by atoms with E-state index in [0.29, 0.717) is 53.0 Å². The molecule has 0 aliphatic carbocycles. The number of nitrogens with zero attached hydrogens (tertiary/aromatic N) is 1. The summed E-state index contributed by atoms with van der Waals surface area (Å²) >= 11 is 11.9. The molecule has 0 bridgehead atoms. The minimum absolute atomic E-state index is 0.0557. The molecule has 7 nitrogen and oxygen atoms in total. The Hall–Kier alpha value is -2.61. The SMILES string of the molecule is CC(=O)Nc1cccc(NC(=O)C2CCN(CC(=O)Nc3ccc(Cl)c(Cl)c3)CC2)c1. The molecule has 31 heavy (non-hydrogen) atoms. The van der Waals surface area contributed by atoms with Crippen molar-refractivity contribution in [2.24, 2.45) is 5.92 Å². The van der Waals surface area contributed by atoms with Crippen LogP contribution in [0, 0.1) is 5.92 Å². The zero-order chi connectivity index (χ0) is 22.4. The van der Waals surface area contributed by atoms with E-state index in [1.807, 2.05) is 4.90 Å². The van der Waals surface area contributed by atoms with E-state index in [4.69, 9.17) is 23.2 Å². The summed E-state index contributed by atoms with van der Waals surface area (Å²) in [5.74, 6) is -0.492. The quantitative estimate of drug-likeness (QED) is 0.598. The first-order valence-corrected chi connectivity index (χ1v) is 10.7. The van der Waals surface area contributed by atoms with Crippen LogP contribution < -0.4 is 16.0 Å². The minimum atomic E-state index is -0.168. The number of rotatable bonds is 6. The van der Waals surface area contributed by atoms with E-state index in [0.717, 1.165) is 0 Å². The molecular formula is C22H24Cl2N4O3. The van der Waals surface area contributed by atoms with Crippen molar-refractivity contribution in [2.45, 2.75) is 19.8 Å². The molecule has 164 valence electrons. The van der Waals surface area contributed by atoms with Gasteiger partial charge in [-0.25, -0.2) is 0 Å². The first-order chi connectivity index (χ1) is 14.8. The second-order valence-electron chi connectivity index (χ2n) is 7.48. The van der Waals surface area contributed by atoms with E-state index in [-0.39, 0.29) is 30.2 Å². The molecule has 3 N–H and O–H groups in total. The largest absolute Gasteiger partial charge is 0.326 e. The molecule has 1 aliphatic heterocycles. The fraction of sp³-hybridized carbons (Fsp3) is 0.318. The number of anilines is 3. The van der Waals surface area contributed by atoms with Crippen LogP contribution in [-0.4, -0.2) is 42.3 Å². The first kappa shape index (κ1) is 23.1.